The second kappa shape index (κ2) is 4.95. The van der Waals surface area contributed by atoms with Crippen LogP contribution in [0.25, 0.3) is 0 Å². The standard InChI is InChI=1S/C16H21NO2/c1-2-3-10-4-7-14-12(8-10)9-13(16(18)19)15(17-14)11-5-6-11/h9-11H,2-8H2,1H3,(H,18,19). The summed E-state index contributed by atoms with van der Waals surface area (Å²) in [6.45, 7) is 2.21. The molecule has 1 heterocycles. The number of carboxylic acids is 1. The van der Waals surface area contributed by atoms with Gasteiger partial charge in [-0.1, -0.05) is 19.8 Å². The monoisotopic (exact) mass is 259 g/mol. The molecule has 0 amide bonds. The first-order chi connectivity index (χ1) is 9.19. The lowest BCUT2D eigenvalue weighted by molar-refractivity contribution is 0.0694. The normalized spacial score (nSPS) is 22.1. The maximum Gasteiger partial charge on any atom is 0.337 e. The van der Waals surface area contributed by atoms with Crippen molar-refractivity contribution in [1.82, 2.24) is 4.98 Å². The Morgan fingerprint density at radius 3 is 2.84 bits per heavy atom. The molecule has 0 saturated heterocycles. The molecular weight excluding hydrogens is 238 g/mol. The maximum absolute atomic E-state index is 11.4. The first-order valence-electron chi connectivity index (χ1n) is 7.45. The third-order valence-corrected chi connectivity index (χ3v) is 4.41. The molecule has 2 aliphatic rings. The zero-order valence-corrected chi connectivity index (χ0v) is 11.5. The lowest BCUT2D eigenvalue weighted by Gasteiger charge is -2.24. The van der Waals surface area contributed by atoms with Gasteiger partial charge in [0.25, 0.3) is 0 Å². The Kier molecular flexibility index (Phi) is 3.29. The smallest absolute Gasteiger partial charge is 0.337 e. The molecule has 19 heavy (non-hydrogen) atoms. The molecule has 1 fully saturated rings. The summed E-state index contributed by atoms with van der Waals surface area (Å²) in [7, 11) is 0. The van der Waals surface area contributed by atoms with Crippen LogP contribution in [0.15, 0.2) is 6.07 Å². The van der Waals surface area contributed by atoms with E-state index < -0.39 is 5.97 Å². The van der Waals surface area contributed by atoms with Gasteiger partial charge in [0.2, 0.25) is 0 Å². The highest BCUT2D eigenvalue weighted by molar-refractivity contribution is 5.89. The van der Waals surface area contributed by atoms with E-state index in [1.807, 2.05) is 6.07 Å². The van der Waals surface area contributed by atoms with Gasteiger partial charge in [0.1, 0.15) is 0 Å². The molecule has 3 heteroatoms. The summed E-state index contributed by atoms with van der Waals surface area (Å²) in [6.07, 6.45) is 7.91. The average molecular weight is 259 g/mol. The lowest BCUT2D eigenvalue weighted by atomic mass is 9.83. The maximum atomic E-state index is 11.4. The van der Waals surface area contributed by atoms with Crippen molar-refractivity contribution in [3.05, 3.63) is 28.6 Å². The summed E-state index contributed by atoms with van der Waals surface area (Å²) < 4.78 is 0. The Morgan fingerprint density at radius 1 is 1.42 bits per heavy atom. The van der Waals surface area contributed by atoms with E-state index in [4.69, 9.17) is 4.98 Å². The van der Waals surface area contributed by atoms with Crippen molar-refractivity contribution in [2.75, 3.05) is 0 Å². The summed E-state index contributed by atoms with van der Waals surface area (Å²) in [5.41, 5.74) is 3.66. The van der Waals surface area contributed by atoms with Gasteiger partial charge in [0, 0.05) is 11.6 Å². The van der Waals surface area contributed by atoms with E-state index in [-0.39, 0.29) is 0 Å². The highest BCUT2D eigenvalue weighted by Gasteiger charge is 2.32. The molecule has 1 atom stereocenters. The summed E-state index contributed by atoms with van der Waals surface area (Å²) in [5, 5.41) is 9.37. The Balaban J connectivity index is 1.94. The van der Waals surface area contributed by atoms with Crippen molar-refractivity contribution >= 4 is 5.97 Å². The minimum absolute atomic E-state index is 0.407. The SMILES string of the molecule is CCCC1CCc2nc(C3CC3)c(C(=O)O)cc2C1. The van der Waals surface area contributed by atoms with Crippen LogP contribution in [0.3, 0.4) is 0 Å². The molecule has 0 radical (unpaired) electrons. The van der Waals surface area contributed by atoms with E-state index in [1.165, 1.54) is 30.5 Å². The predicted octanol–water partition coefficient (Wildman–Crippen LogP) is 3.56. The number of carbonyl (C=O) groups is 1. The van der Waals surface area contributed by atoms with Gasteiger partial charge >= 0.3 is 5.97 Å². The van der Waals surface area contributed by atoms with Crippen molar-refractivity contribution in [1.29, 1.82) is 0 Å². The molecule has 1 unspecified atom stereocenters. The highest BCUT2D eigenvalue weighted by atomic mass is 16.4. The van der Waals surface area contributed by atoms with E-state index in [1.54, 1.807) is 0 Å². The minimum atomic E-state index is -0.810. The predicted molar refractivity (Wildman–Crippen MR) is 73.6 cm³/mol. The topological polar surface area (TPSA) is 50.2 Å². The van der Waals surface area contributed by atoms with Crippen LogP contribution < -0.4 is 0 Å². The second-order valence-electron chi connectivity index (χ2n) is 6.00. The quantitative estimate of drug-likeness (QED) is 0.899. The third kappa shape index (κ3) is 2.51. The summed E-state index contributed by atoms with van der Waals surface area (Å²) in [4.78, 5) is 16.1. The van der Waals surface area contributed by atoms with E-state index >= 15 is 0 Å². The highest BCUT2D eigenvalue weighted by Crippen LogP contribution is 2.42. The van der Waals surface area contributed by atoms with Crippen LogP contribution in [0.5, 0.6) is 0 Å². The largest absolute Gasteiger partial charge is 0.478 e. The van der Waals surface area contributed by atoms with Gasteiger partial charge in [0.15, 0.2) is 0 Å². The van der Waals surface area contributed by atoms with Crippen LogP contribution in [-0.4, -0.2) is 16.1 Å². The van der Waals surface area contributed by atoms with Crippen molar-refractivity contribution in [3.63, 3.8) is 0 Å². The molecule has 1 saturated carbocycles. The number of rotatable bonds is 4. The summed E-state index contributed by atoms with van der Waals surface area (Å²) in [5.74, 6) is 0.312. The van der Waals surface area contributed by atoms with Gasteiger partial charge in [-0.15, -0.1) is 0 Å². The first kappa shape index (κ1) is 12.6. The Hall–Kier alpha value is -1.38. The number of hydrogen-bond acceptors (Lipinski definition) is 2. The summed E-state index contributed by atoms with van der Waals surface area (Å²) >= 11 is 0. The van der Waals surface area contributed by atoms with E-state index in [9.17, 15) is 9.90 Å². The molecule has 0 spiro atoms. The molecular formula is C16H21NO2. The van der Waals surface area contributed by atoms with Crippen LogP contribution in [0.2, 0.25) is 0 Å². The number of hydrogen-bond donors (Lipinski definition) is 1. The van der Waals surface area contributed by atoms with E-state index in [0.29, 0.717) is 17.4 Å². The Labute approximate surface area is 114 Å². The molecule has 0 aliphatic heterocycles. The molecule has 102 valence electrons. The Morgan fingerprint density at radius 2 is 2.21 bits per heavy atom. The van der Waals surface area contributed by atoms with Crippen LogP contribution in [0, 0.1) is 5.92 Å². The molecule has 1 aromatic heterocycles. The number of fused-ring (bicyclic) bond motifs is 1. The number of aromatic nitrogens is 1. The third-order valence-electron chi connectivity index (χ3n) is 4.41. The fourth-order valence-electron chi connectivity index (χ4n) is 3.25. The van der Waals surface area contributed by atoms with Gasteiger partial charge in [-0.3, -0.25) is 4.98 Å². The summed E-state index contributed by atoms with van der Waals surface area (Å²) in [6, 6.07) is 1.92. The van der Waals surface area contributed by atoms with Crippen molar-refractivity contribution in [2.24, 2.45) is 5.92 Å². The Bertz CT molecular complexity index is 506. The number of aromatic carboxylic acids is 1. The van der Waals surface area contributed by atoms with Crippen molar-refractivity contribution in [2.45, 2.75) is 57.8 Å². The number of aryl methyl sites for hydroxylation is 1. The molecule has 1 aromatic rings. The van der Waals surface area contributed by atoms with Gasteiger partial charge in [0.05, 0.1) is 11.3 Å². The fourth-order valence-corrected chi connectivity index (χ4v) is 3.25. The molecule has 3 nitrogen and oxygen atoms in total. The number of nitrogens with zero attached hydrogens (tertiary/aromatic N) is 1. The van der Waals surface area contributed by atoms with Gasteiger partial charge in [-0.05, 0) is 49.7 Å². The molecule has 3 rings (SSSR count). The average Bonchev–Trinajstić information content (AvgIpc) is 3.21. The second-order valence-corrected chi connectivity index (χ2v) is 6.00. The minimum Gasteiger partial charge on any atom is -0.478 e. The number of carboxylic acid groups (broad SMARTS) is 1. The van der Waals surface area contributed by atoms with Gasteiger partial charge in [-0.2, -0.15) is 0 Å². The molecule has 1 N–H and O–H groups in total. The van der Waals surface area contributed by atoms with Crippen LogP contribution in [0.1, 0.15) is 72.3 Å². The molecule has 2 aliphatic carbocycles. The fraction of sp³-hybridized carbons (Fsp3) is 0.625. The first-order valence-corrected chi connectivity index (χ1v) is 7.45. The van der Waals surface area contributed by atoms with E-state index in [0.717, 1.165) is 31.4 Å². The zero-order chi connectivity index (χ0) is 13.4. The van der Waals surface area contributed by atoms with Gasteiger partial charge < -0.3 is 5.11 Å². The van der Waals surface area contributed by atoms with E-state index in [2.05, 4.69) is 6.92 Å². The number of pyridine rings is 1. The van der Waals surface area contributed by atoms with Gasteiger partial charge in [-0.25, -0.2) is 4.79 Å². The van der Waals surface area contributed by atoms with Crippen molar-refractivity contribution < 1.29 is 9.90 Å². The van der Waals surface area contributed by atoms with Crippen LogP contribution in [-0.2, 0) is 12.8 Å². The van der Waals surface area contributed by atoms with Crippen LogP contribution in [0.4, 0.5) is 0 Å². The zero-order valence-electron chi connectivity index (χ0n) is 11.5. The molecule has 0 aromatic carbocycles. The van der Waals surface area contributed by atoms with Crippen LogP contribution >= 0.6 is 0 Å². The lowest BCUT2D eigenvalue weighted by Crippen LogP contribution is -2.18. The van der Waals surface area contributed by atoms with Crippen molar-refractivity contribution in [3.8, 4) is 0 Å². The molecule has 0 bridgehead atoms.